The number of carbonyl (C=O) groups is 2. The molecule has 30 heavy (non-hydrogen) atoms. The molecule has 162 valence electrons. The summed E-state index contributed by atoms with van der Waals surface area (Å²) in [5.41, 5.74) is 1.28. The first-order chi connectivity index (χ1) is 14.1. The summed E-state index contributed by atoms with van der Waals surface area (Å²) in [6, 6.07) is 13.5. The molecule has 2 aromatic rings. The Morgan fingerprint density at radius 2 is 1.63 bits per heavy atom. The van der Waals surface area contributed by atoms with Crippen LogP contribution in [0.15, 0.2) is 54.6 Å². The molecule has 0 aromatic heterocycles. The molecular formula is C21H24F3N3O3. The van der Waals surface area contributed by atoms with Crippen molar-refractivity contribution >= 4 is 17.6 Å². The van der Waals surface area contributed by atoms with Crippen LogP contribution in [0.5, 0.6) is 5.75 Å². The van der Waals surface area contributed by atoms with Gasteiger partial charge in [0.1, 0.15) is 11.8 Å². The summed E-state index contributed by atoms with van der Waals surface area (Å²) in [6.45, 7) is 2.40. The maximum absolute atomic E-state index is 12.5. The van der Waals surface area contributed by atoms with E-state index in [9.17, 15) is 22.8 Å². The number of alkyl halides is 3. The number of hydrogen-bond donors (Lipinski definition) is 3. The number of anilines is 1. The second kappa shape index (κ2) is 10.5. The van der Waals surface area contributed by atoms with Crippen LogP contribution in [0.4, 0.5) is 23.7 Å². The van der Waals surface area contributed by atoms with Crippen LogP contribution < -0.4 is 20.7 Å². The molecular weight excluding hydrogens is 399 g/mol. The largest absolute Gasteiger partial charge is 0.484 e. The molecule has 0 saturated carbocycles. The van der Waals surface area contributed by atoms with Crippen molar-refractivity contribution in [1.29, 1.82) is 0 Å². The van der Waals surface area contributed by atoms with Crippen LogP contribution in [-0.4, -0.2) is 30.8 Å². The van der Waals surface area contributed by atoms with Crippen molar-refractivity contribution < 1.29 is 27.5 Å². The zero-order valence-electron chi connectivity index (χ0n) is 16.6. The average Bonchev–Trinajstić information content (AvgIpc) is 2.69. The van der Waals surface area contributed by atoms with Crippen LogP contribution in [0.25, 0.3) is 0 Å². The zero-order valence-corrected chi connectivity index (χ0v) is 16.6. The topological polar surface area (TPSA) is 79.5 Å². The summed E-state index contributed by atoms with van der Waals surface area (Å²) in [7, 11) is 0. The van der Waals surface area contributed by atoms with Crippen LogP contribution in [0, 0.1) is 5.92 Å². The van der Waals surface area contributed by atoms with Crippen LogP contribution in [-0.2, 0) is 11.3 Å². The van der Waals surface area contributed by atoms with Crippen molar-refractivity contribution in [3.8, 4) is 5.75 Å². The highest BCUT2D eigenvalue weighted by Crippen LogP contribution is 2.19. The Bertz CT molecular complexity index is 825. The molecule has 0 bridgehead atoms. The molecule has 0 unspecified atom stereocenters. The van der Waals surface area contributed by atoms with Gasteiger partial charge < -0.3 is 20.7 Å². The van der Waals surface area contributed by atoms with E-state index in [0.29, 0.717) is 11.3 Å². The van der Waals surface area contributed by atoms with Crippen LogP contribution in [0.3, 0.4) is 0 Å². The number of para-hydroxylation sites is 1. The maximum atomic E-state index is 12.5. The molecule has 0 spiro atoms. The molecule has 1 atom stereocenters. The highest BCUT2D eigenvalue weighted by Gasteiger charge is 2.28. The van der Waals surface area contributed by atoms with Crippen molar-refractivity contribution in [3.63, 3.8) is 0 Å². The molecule has 0 fully saturated rings. The smallest absolute Gasteiger partial charge is 0.422 e. The maximum Gasteiger partial charge on any atom is 0.422 e. The van der Waals surface area contributed by atoms with Gasteiger partial charge in [0.2, 0.25) is 5.91 Å². The quantitative estimate of drug-likeness (QED) is 0.598. The highest BCUT2D eigenvalue weighted by atomic mass is 19.4. The van der Waals surface area contributed by atoms with Crippen molar-refractivity contribution in [3.05, 3.63) is 60.2 Å². The van der Waals surface area contributed by atoms with E-state index in [1.165, 1.54) is 12.1 Å². The van der Waals surface area contributed by atoms with Gasteiger partial charge in [-0.15, -0.1) is 0 Å². The summed E-state index contributed by atoms with van der Waals surface area (Å²) in [4.78, 5) is 24.7. The van der Waals surface area contributed by atoms with E-state index in [-0.39, 0.29) is 24.1 Å². The van der Waals surface area contributed by atoms with Gasteiger partial charge in [0, 0.05) is 12.2 Å². The fraction of sp³-hybridized carbons (Fsp3) is 0.333. The van der Waals surface area contributed by atoms with E-state index in [0.717, 1.165) is 0 Å². The molecule has 0 saturated heterocycles. The Hall–Kier alpha value is -3.23. The Kier molecular flexibility index (Phi) is 8.08. The molecule has 2 rings (SSSR count). The van der Waals surface area contributed by atoms with Gasteiger partial charge in [-0.1, -0.05) is 44.2 Å². The predicted molar refractivity (Wildman–Crippen MR) is 107 cm³/mol. The van der Waals surface area contributed by atoms with Crippen LogP contribution in [0.1, 0.15) is 19.4 Å². The third-order valence-corrected chi connectivity index (χ3v) is 4.06. The van der Waals surface area contributed by atoms with Gasteiger partial charge in [-0.25, -0.2) is 4.79 Å². The number of hydrogen-bond acceptors (Lipinski definition) is 3. The molecule has 3 N–H and O–H groups in total. The molecule has 9 heteroatoms. The lowest BCUT2D eigenvalue weighted by molar-refractivity contribution is -0.153. The van der Waals surface area contributed by atoms with E-state index in [1.807, 2.05) is 6.07 Å². The monoisotopic (exact) mass is 423 g/mol. The summed E-state index contributed by atoms with van der Waals surface area (Å²) in [5.74, 6) is -0.447. The minimum absolute atomic E-state index is 0.0849. The van der Waals surface area contributed by atoms with E-state index < -0.39 is 24.9 Å². The average molecular weight is 423 g/mol. The Morgan fingerprint density at radius 3 is 2.20 bits per heavy atom. The number of rotatable bonds is 8. The summed E-state index contributed by atoms with van der Waals surface area (Å²) >= 11 is 0. The molecule has 0 heterocycles. The molecule has 0 radical (unpaired) electrons. The van der Waals surface area contributed by atoms with Crippen molar-refractivity contribution in [2.45, 2.75) is 32.6 Å². The standard InChI is InChI=1S/C21H24F3N3O3/c1-14(2)18(27-20(29)26-16-6-4-3-5-7-16)19(28)25-12-15-8-10-17(11-9-15)30-13-21(22,23)24/h3-11,14,18H,12-13H2,1-2H3,(H,25,28)(H2,26,27,29)/t18-/m1/s1. The van der Waals surface area contributed by atoms with Gasteiger partial charge in [-0.2, -0.15) is 13.2 Å². The Balaban J connectivity index is 1.86. The number of nitrogens with one attached hydrogen (secondary N) is 3. The minimum atomic E-state index is -4.40. The van der Waals surface area contributed by atoms with Crippen molar-refractivity contribution in [2.75, 3.05) is 11.9 Å². The second-order valence-electron chi connectivity index (χ2n) is 6.95. The van der Waals surface area contributed by atoms with E-state index in [2.05, 4.69) is 20.7 Å². The van der Waals surface area contributed by atoms with Gasteiger partial charge >= 0.3 is 12.2 Å². The summed E-state index contributed by atoms with van der Waals surface area (Å²) < 4.78 is 41.2. The molecule has 6 nitrogen and oxygen atoms in total. The van der Waals surface area contributed by atoms with E-state index in [1.54, 1.807) is 50.2 Å². The number of benzene rings is 2. The Labute approximate surface area is 172 Å². The molecule has 3 amide bonds. The lowest BCUT2D eigenvalue weighted by atomic mass is 10.0. The number of carbonyl (C=O) groups excluding carboxylic acids is 2. The molecule has 0 aliphatic heterocycles. The highest BCUT2D eigenvalue weighted by molar-refractivity contribution is 5.93. The number of amides is 3. The normalized spacial score (nSPS) is 12.2. The third-order valence-electron chi connectivity index (χ3n) is 4.06. The summed E-state index contributed by atoms with van der Waals surface area (Å²) in [5, 5.41) is 8.04. The first kappa shape index (κ1) is 23.1. The first-order valence-corrected chi connectivity index (χ1v) is 9.33. The Morgan fingerprint density at radius 1 is 1.00 bits per heavy atom. The summed E-state index contributed by atoms with van der Waals surface area (Å²) in [6.07, 6.45) is -4.40. The lowest BCUT2D eigenvalue weighted by Crippen LogP contribution is -2.50. The molecule has 2 aromatic carbocycles. The number of halogens is 3. The minimum Gasteiger partial charge on any atom is -0.484 e. The SMILES string of the molecule is CC(C)[C@@H](NC(=O)Nc1ccccc1)C(=O)NCc1ccc(OCC(F)(F)F)cc1. The lowest BCUT2D eigenvalue weighted by Gasteiger charge is -2.22. The van der Waals surface area contributed by atoms with E-state index in [4.69, 9.17) is 0 Å². The van der Waals surface area contributed by atoms with Gasteiger partial charge in [-0.3, -0.25) is 4.79 Å². The zero-order chi connectivity index (χ0) is 22.1. The van der Waals surface area contributed by atoms with Crippen molar-refractivity contribution in [2.24, 2.45) is 5.92 Å². The fourth-order valence-corrected chi connectivity index (χ4v) is 2.53. The van der Waals surface area contributed by atoms with Crippen LogP contribution >= 0.6 is 0 Å². The second-order valence-corrected chi connectivity index (χ2v) is 6.95. The van der Waals surface area contributed by atoms with E-state index >= 15 is 0 Å². The van der Waals surface area contributed by atoms with Gasteiger partial charge in [-0.05, 0) is 35.7 Å². The first-order valence-electron chi connectivity index (χ1n) is 9.33. The fourth-order valence-electron chi connectivity index (χ4n) is 2.53. The predicted octanol–water partition coefficient (Wildman–Crippen LogP) is 4.09. The van der Waals surface area contributed by atoms with Gasteiger partial charge in [0.15, 0.2) is 6.61 Å². The number of ether oxygens (including phenoxy) is 1. The van der Waals surface area contributed by atoms with Crippen molar-refractivity contribution in [1.82, 2.24) is 10.6 Å². The van der Waals surface area contributed by atoms with Crippen LogP contribution in [0.2, 0.25) is 0 Å². The molecule has 0 aliphatic carbocycles. The van der Waals surface area contributed by atoms with Gasteiger partial charge in [0.05, 0.1) is 0 Å². The third kappa shape index (κ3) is 8.02. The van der Waals surface area contributed by atoms with Gasteiger partial charge in [0.25, 0.3) is 0 Å². The molecule has 0 aliphatic rings. The number of urea groups is 1.